The van der Waals surface area contributed by atoms with Gasteiger partial charge in [-0.25, -0.2) is 4.39 Å². The van der Waals surface area contributed by atoms with Crippen molar-refractivity contribution in [3.63, 3.8) is 0 Å². The van der Waals surface area contributed by atoms with Crippen LogP contribution in [0.1, 0.15) is 16.8 Å². The molecule has 0 radical (unpaired) electrons. The molecule has 0 bridgehead atoms. The molecule has 1 aliphatic heterocycles. The molecule has 0 fully saturated rings. The summed E-state index contributed by atoms with van der Waals surface area (Å²) in [6, 6.07) is 11.2. The summed E-state index contributed by atoms with van der Waals surface area (Å²) < 4.78 is 23.2. The molecule has 0 saturated carbocycles. The van der Waals surface area contributed by atoms with E-state index >= 15 is 0 Å². The SMILES string of the molecule is O=C(CNC(=O)c1ccc2c(c1)OCO2)NCCCSc1ccc(F)cc1. The standard InChI is InChI=1S/C19H19FN2O4S/c20-14-3-5-15(6-4-14)27-9-1-8-21-18(23)11-22-19(24)13-2-7-16-17(10-13)26-12-25-16/h2-7,10H,1,8-9,11-12H2,(H,21,23)(H,22,24). The van der Waals surface area contributed by atoms with Gasteiger partial charge in [0, 0.05) is 17.0 Å². The van der Waals surface area contributed by atoms with Gasteiger partial charge in [-0.15, -0.1) is 11.8 Å². The Morgan fingerprint density at radius 1 is 1.04 bits per heavy atom. The summed E-state index contributed by atoms with van der Waals surface area (Å²) in [5, 5.41) is 5.33. The molecule has 6 nitrogen and oxygen atoms in total. The third-order valence-corrected chi connectivity index (χ3v) is 4.87. The number of halogens is 1. The first-order valence-electron chi connectivity index (χ1n) is 8.45. The molecule has 0 atom stereocenters. The molecule has 0 saturated heterocycles. The number of ether oxygens (including phenoxy) is 2. The first kappa shape index (κ1) is 19.0. The average molecular weight is 390 g/mol. The maximum atomic E-state index is 12.8. The van der Waals surface area contributed by atoms with Crippen LogP contribution in [0.2, 0.25) is 0 Å². The van der Waals surface area contributed by atoms with Crippen molar-refractivity contribution in [1.82, 2.24) is 10.6 Å². The minimum Gasteiger partial charge on any atom is -0.454 e. The smallest absolute Gasteiger partial charge is 0.251 e. The number of rotatable bonds is 8. The van der Waals surface area contributed by atoms with Gasteiger partial charge in [-0.2, -0.15) is 0 Å². The van der Waals surface area contributed by atoms with Crippen LogP contribution in [0, 0.1) is 5.82 Å². The number of benzene rings is 2. The first-order chi connectivity index (χ1) is 13.1. The lowest BCUT2D eigenvalue weighted by Crippen LogP contribution is -2.37. The Hall–Kier alpha value is -2.74. The zero-order valence-corrected chi connectivity index (χ0v) is 15.3. The van der Waals surface area contributed by atoms with Crippen LogP contribution in [0.4, 0.5) is 4.39 Å². The third-order valence-electron chi connectivity index (χ3n) is 3.77. The molecule has 142 valence electrons. The highest BCUT2D eigenvalue weighted by molar-refractivity contribution is 7.99. The lowest BCUT2D eigenvalue weighted by Gasteiger charge is -2.07. The molecule has 1 heterocycles. The molecule has 0 spiro atoms. The second-order valence-corrected chi connectivity index (χ2v) is 6.92. The number of carbonyl (C=O) groups is 2. The molecular formula is C19H19FN2O4S. The molecule has 2 aromatic rings. The summed E-state index contributed by atoms with van der Waals surface area (Å²) in [4.78, 5) is 24.9. The summed E-state index contributed by atoms with van der Waals surface area (Å²) in [6.45, 7) is 0.549. The van der Waals surface area contributed by atoms with Gasteiger partial charge in [-0.3, -0.25) is 9.59 Å². The summed E-state index contributed by atoms with van der Waals surface area (Å²) in [5.74, 6) is 1.06. The predicted octanol–water partition coefficient (Wildman–Crippen LogP) is 2.58. The first-order valence-corrected chi connectivity index (χ1v) is 9.43. The van der Waals surface area contributed by atoms with Crippen LogP contribution in [0.5, 0.6) is 11.5 Å². The van der Waals surface area contributed by atoms with Gasteiger partial charge in [-0.1, -0.05) is 0 Å². The maximum Gasteiger partial charge on any atom is 0.251 e. The Morgan fingerprint density at radius 2 is 1.81 bits per heavy atom. The van der Waals surface area contributed by atoms with Crippen molar-refractivity contribution in [2.75, 3.05) is 25.6 Å². The highest BCUT2D eigenvalue weighted by Crippen LogP contribution is 2.32. The van der Waals surface area contributed by atoms with Crippen LogP contribution in [0.15, 0.2) is 47.4 Å². The van der Waals surface area contributed by atoms with Crippen molar-refractivity contribution < 1.29 is 23.5 Å². The van der Waals surface area contributed by atoms with Gasteiger partial charge in [0.2, 0.25) is 12.7 Å². The predicted molar refractivity (Wildman–Crippen MR) is 99.6 cm³/mol. The Balaban J connectivity index is 1.31. The van der Waals surface area contributed by atoms with Crippen molar-refractivity contribution in [1.29, 1.82) is 0 Å². The van der Waals surface area contributed by atoms with E-state index in [9.17, 15) is 14.0 Å². The van der Waals surface area contributed by atoms with Crippen LogP contribution in [-0.4, -0.2) is 37.4 Å². The van der Waals surface area contributed by atoms with E-state index in [1.807, 2.05) is 0 Å². The fraction of sp³-hybridized carbons (Fsp3) is 0.263. The summed E-state index contributed by atoms with van der Waals surface area (Å²) in [7, 11) is 0. The highest BCUT2D eigenvalue weighted by Gasteiger charge is 2.16. The van der Waals surface area contributed by atoms with Gasteiger partial charge in [-0.05, 0) is 54.6 Å². The van der Waals surface area contributed by atoms with E-state index in [4.69, 9.17) is 9.47 Å². The molecule has 1 aliphatic rings. The van der Waals surface area contributed by atoms with E-state index in [2.05, 4.69) is 10.6 Å². The van der Waals surface area contributed by atoms with Crippen molar-refractivity contribution in [3.8, 4) is 11.5 Å². The second kappa shape index (κ2) is 9.27. The summed E-state index contributed by atoms with van der Waals surface area (Å²) in [6.07, 6.45) is 0.768. The largest absolute Gasteiger partial charge is 0.454 e. The molecule has 0 aliphatic carbocycles. The minimum absolute atomic E-state index is 0.0988. The third kappa shape index (κ3) is 5.62. The molecular weight excluding hydrogens is 371 g/mol. The normalized spacial score (nSPS) is 11.9. The van der Waals surface area contributed by atoms with Gasteiger partial charge in [0.05, 0.1) is 6.54 Å². The van der Waals surface area contributed by atoms with Crippen molar-refractivity contribution >= 4 is 23.6 Å². The van der Waals surface area contributed by atoms with Crippen LogP contribution >= 0.6 is 11.8 Å². The van der Waals surface area contributed by atoms with Crippen molar-refractivity contribution in [3.05, 3.63) is 53.8 Å². The highest BCUT2D eigenvalue weighted by atomic mass is 32.2. The van der Waals surface area contributed by atoms with Crippen molar-refractivity contribution in [2.24, 2.45) is 0 Å². The maximum absolute atomic E-state index is 12.8. The van der Waals surface area contributed by atoms with Gasteiger partial charge in [0.15, 0.2) is 11.5 Å². The molecule has 0 aromatic heterocycles. The monoisotopic (exact) mass is 390 g/mol. The van der Waals surface area contributed by atoms with Gasteiger partial charge in [0.25, 0.3) is 5.91 Å². The van der Waals surface area contributed by atoms with Gasteiger partial charge >= 0.3 is 0 Å². The number of hydrogen-bond acceptors (Lipinski definition) is 5. The lowest BCUT2D eigenvalue weighted by atomic mass is 10.2. The van der Waals surface area contributed by atoms with Crippen LogP contribution in [0.25, 0.3) is 0 Å². The second-order valence-electron chi connectivity index (χ2n) is 5.76. The minimum atomic E-state index is -0.352. The zero-order valence-electron chi connectivity index (χ0n) is 14.5. The Labute approximate surface area is 160 Å². The molecule has 2 N–H and O–H groups in total. The van der Waals surface area contributed by atoms with Gasteiger partial charge < -0.3 is 20.1 Å². The Morgan fingerprint density at radius 3 is 2.63 bits per heavy atom. The molecule has 2 amide bonds. The fourth-order valence-corrected chi connectivity index (χ4v) is 3.24. The topological polar surface area (TPSA) is 76.7 Å². The molecule has 27 heavy (non-hydrogen) atoms. The number of carbonyl (C=O) groups excluding carboxylic acids is 2. The lowest BCUT2D eigenvalue weighted by molar-refractivity contribution is -0.120. The van der Waals surface area contributed by atoms with E-state index in [-0.39, 0.29) is 31.0 Å². The van der Waals surface area contributed by atoms with Gasteiger partial charge in [0.1, 0.15) is 5.82 Å². The Bertz CT molecular complexity index is 814. The van der Waals surface area contributed by atoms with Crippen LogP contribution < -0.4 is 20.1 Å². The summed E-state index contributed by atoms with van der Waals surface area (Å²) >= 11 is 1.60. The van der Waals surface area contributed by atoms with E-state index in [1.54, 1.807) is 42.1 Å². The zero-order chi connectivity index (χ0) is 19.1. The van der Waals surface area contributed by atoms with E-state index < -0.39 is 0 Å². The molecule has 8 heteroatoms. The van der Waals surface area contributed by atoms with E-state index in [0.717, 1.165) is 17.1 Å². The van der Waals surface area contributed by atoms with Crippen LogP contribution in [-0.2, 0) is 4.79 Å². The van der Waals surface area contributed by atoms with E-state index in [0.29, 0.717) is 23.6 Å². The molecule has 0 unspecified atom stereocenters. The number of thioether (sulfide) groups is 1. The molecule has 3 rings (SSSR count). The fourth-order valence-electron chi connectivity index (χ4n) is 2.38. The number of hydrogen-bond donors (Lipinski definition) is 2. The quantitative estimate of drug-likeness (QED) is 0.535. The number of nitrogens with one attached hydrogen (secondary N) is 2. The molecule has 2 aromatic carbocycles. The average Bonchev–Trinajstić information content (AvgIpc) is 3.15. The Kier molecular flexibility index (Phi) is 6.54. The van der Waals surface area contributed by atoms with Crippen LogP contribution in [0.3, 0.4) is 0 Å². The number of fused-ring (bicyclic) bond motifs is 1. The van der Waals surface area contributed by atoms with E-state index in [1.165, 1.54) is 12.1 Å². The summed E-state index contributed by atoms with van der Waals surface area (Å²) in [5.41, 5.74) is 0.405. The number of amides is 2. The van der Waals surface area contributed by atoms with Crippen molar-refractivity contribution in [2.45, 2.75) is 11.3 Å².